The molecule has 94 valence electrons. The lowest BCUT2D eigenvalue weighted by Gasteiger charge is -2.14. The molecule has 0 aliphatic rings. The molecule has 0 heterocycles. The predicted octanol–water partition coefficient (Wildman–Crippen LogP) is 3.16. The first kappa shape index (κ1) is 13.6. The van der Waals surface area contributed by atoms with Gasteiger partial charge in [0, 0.05) is 5.56 Å². The number of benzene rings is 1. The molecular formula is C10H8ClF3O3. The van der Waals surface area contributed by atoms with Gasteiger partial charge in [-0.2, -0.15) is 0 Å². The van der Waals surface area contributed by atoms with Gasteiger partial charge in [-0.1, -0.05) is 12.1 Å². The van der Waals surface area contributed by atoms with E-state index in [1.165, 1.54) is 12.1 Å². The van der Waals surface area contributed by atoms with Crippen LogP contribution < -0.4 is 4.74 Å². The number of hydrogen-bond donors (Lipinski definition) is 1. The molecule has 7 heteroatoms. The van der Waals surface area contributed by atoms with Crippen molar-refractivity contribution in [3.8, 4) is 11.5 Å². The highest BCUT2D eigenvalue weighted by Gasteiger charge is 2.33. The minimum absolute atomic E-state index is 0.124. The van der Waals surface area contributed by atoms with Crippen LogP contribution >= 0.6 is 11.6 Å². The number of alkyl halides is 4. The third-order valence-electron chi connectivity index (χ3n) is 1.89. The van der Waals surface area contributed by atoms with Gasteiger partial charge in [0.1, 0.15) is 5.38 Å². The van der Waals surface area contributed by atoms with Crippen molar-refractivity contribution in [2.24, 2.45) is 0 Å². The lowest BCUT2D eigenvalue weighted by atomic mass is 10.1. The Morgan fingerprint density at radius 2 is 2.06 bits per heavy atom. The number of phenols is 1. The number of phenolic OH excluding ortho intramolecular Hbond substituents is 1. The molecule has 3 nitrogen and oxygen atoms in total. The molecule has 0 bridgehead atoms. The summed E-state index contributed by atoms with van der Waals surface area (Å²) in [6.07, 6.45) is -4.92. The highest BCUT2D eigenvalue weighted by atomic mass is 35.5. The summed E-state index contributed by atoms with van der Waals surface area (Å²) in [5, 5.41) is 8.29. The third kappa shape index (κ3) is 3.52. The van der Waals surface area contributed by atoms with Crippen LogP contribution in [0.3, 0.4) is 0 Å². The quantitative estimate of drug-likeness (QED) is 0.857. The number of hydrogen-bond acceptors (Lipinski definition) is 3. The zero-order valence-corrected chi connectivity index (χ0v) is 9.34. The molecule has 0 aliphatic heterocycles. The van der Waals surface area contributed by atoms with E-state index in [-0.39, 0.29) is 5.56 Å². The van der Waals surface area contributed by atoms with Crippen molar-refractivity contribution in [2.45, 2.75) is 18.7 Å². The Kier molecular flexibility index (Phi) is 3.87. The number of rotatable bonds is 3. The summed E-state index contributed by atoms with van der Waals surface area (Å²) in [5.74, 6) is -2.08. The van der Waals surface area contributed by atoms with Gasteiger partial charge in [0.05, 0.1) is 0 Å². The molecule has 0 saturated heterocycles. The smallest absolute Gasteiger partial charge is 0.504 e. The van der Waals surface area contributed by atoms with Crippen LogP contribution in [0, 0.1) is 0 Å². The zero-order valence-electron chi connectivity index (χ0n) is 8.58. The first-order valence-corrected chi connectivity index (χ1v) is 4.88. The minimum atomic E-state index is -4.92. The first-order valence-electron chi connectivity index (χ1n) is 4.44. The Labute approximate surface area is 99.8 Å². The van der Waals surface area contributed by atoms with E-state index in [0.717, 1.165) is 13.0 Å². The number of carbonyl (C=O) groups is 1. The summed E-state index contributed by atoms with van der Waals surface area (Å²) in [7, 11) is 0. The summed E-state index contributed by atoms with van der Waals surface area (Å²) in [6, 6.07) is 3.38. The average molecular weight is 269 g/mol. The Balaban J connectivity index is 3.12. The van der Waals surface area contributed by atoms with Crippen molar-refractivity contribution in [1.82, 2.24) is 0 Å². The van der Waals surface area contributed by atoms with Gasteiger partial charge in [-0.25, -0.2) is 0 Å². The van der Waals surface area contributed by atoms with Crippen LogP contribution in [-0.2, 0) is 4.79 Å². The fourth-order valence-electron chi connectivity index (χ4n) is 1.17. The molecule has 0 fully saturated rings. The van der Waals surface area contributed by atoms with Crippen LogP contribution in [0.15, 0.2) is 18.2 Å². The number of ether oxygens (including phenoxy) is 1. The second-order valence-corrected chi connectivity index (χ2v) is 3.65. The van der Waals surface area contributed by atoms with Crippen LogP contribution in [0.5, 0.6) is 11.5 Å². The van der Waals surface area contributed by atoms with Gasteiger partial charge in [-0.3, -0.25) is 4.79 Å². The Bertz CT molecular complexity index is 431. The number of ketones is 1. The van der Waals surface area contributed by atoms with Crippen molar-refractivity contribution < 1.29 is 27.8 Å². The topological polar surface area (TPSA) is 46.5 Å². The maximum absolute atomic E-state index is 12.0. The van der Waals surface area contributed by atoms with Crippen LogP contribution in [0.25, 0.3) is 0 Å². The molecule has 0 amide bonds. The summed E-state index contributed by atoms with van der Waals surface area (Å²) in [4.78, 5) is 11.0. The fraction of sp³-hybridized carbons (Fsp3) is 0.300. The molecule has 1 unspecified atom stereocenters. The monoisotopic (exact) mass is 268 g/mol. The molecule has 1 rings (SSSR count). The maximum Gasteiger partial charge on any atom is 0.573 e. The summed E-state index contributed by atoms with van der Waals surface area (Å²) >= 11 is 5.64. The predicted molar refractivity (Wildman–Crippen MR) is 54.1 cm³/mol. The van der Waals surface area contributed by atoms with E-state index >= 15 is 0 Å². The van der Waals surface area contributed by atoms with Crippen LogP contribution in [0.2, 0.25) is 0 Å². The normalized spacial score (nSPS) is 13.2. The molecule has 0 spiro atoms. The number of aromatic hydroxyl groups is 1. The number of halogens is 4. The average Bonchev–Trinajstić information content (AvgIpc) is 2.18. The van der Waals surface area contributed by atoms with Gasteiger partial charge in [-0.15, -0.1) is 24.8 Å². The summed E-state index contributed by atoms with van der Waals surface area (Å²) < 4.78 is 39.5. The molecule has 0 aromatic heterocycles. The highest BCUT2D eigenvalue weighted by Crippen LogP contribution is 2.38. The molecular weight excluding hydrogens is 261 g/mol. The van der Waals surface area contributed by atoms with Crippen molar-refractivity contribution in [3.63, 3.8) is 0 Å². The van der Waals surface area contributed by atoms with Crippen molar-refractivity contribution in [2.75, 3.05) is 0 Å². The zero-order chi connectivity index (χ0) is 13.2. The molecule has 17 heavy (non-hydrogen) atoms. The summed E-state index contributed by atoms with van der Waals surface area (Å²) in [6.45, 7) is 1.16. The van der Waals surface area contributed by atoms with Gasteiger partial charge in [-0.05, 0) is 13.0 Å². The number of Topliss-reactive ketones (excluding diaryl/α,β-unsaturated/α-hetero) is 1. The number of para-hydroxylation sites is 1. The molecule has 0 radical (unpaired) electrons. The summed E-state index contributed by atoms with van der Waals surface area (Å²) in [5.41, 5.74) is -0.124. The van der Waals surface area contributed by atoms with E-state index in [4.69, 9.17) is 11.6 Å². The van der Waals surface area contributed by atoms with Crippen LogP contribution in [-0.4, -0.2) is 17.3 Å². The van der Waals surface area contributed by atoms with Crippen molar-refractivity contribution >= 4 is 17.4 Å². The van der Waals surface area contributed by atoms with Gasteiger partial charge < -0.3 is 9.84 Å². The van der Waals surface area contributed by atoms with Crippen molar-refractivity contribution in [3.05, 3.63) is 23.8 Å². The maximum atomic E-state index is 12.0. The van der Waals surface area contributed by atoms with E-state index < -0.39 is 29.0 Å². The molecule has 1 atom stereocenters. The van der Waals surface area contributed by atoms with E-state index in [2.05, 4.69) is 4.74 Å². The largest absolute Gasteiger partial charge is 0.573 e. The van der Waals surface area contributed by atoms with E-state index in [1.807, 2.05) is 0 Å². The molecule has 1 N–H and O–H groups in total. The van der Waals surface area contributed by atoms with Gasteiger partial charge in [0.2, 0.25) is 0 Å². The van der Waals surface area contributed by atoms with E-state index in [1.54, 1.807) is 0 Å². The molecule has 1 aromatic rings. The Morgan fingerprint density at radius 3 is 2.53 bits per heavy atom. The van der Waals surface area contributed by atoms with E-state index in [9.17, 15) is 23.1 Å². The van der Waals surface area contributed by atoms with Crippen LogP contribution in [0.4, 0.5) is 13.2 Å². The van der Waals surface area contributed by atoms with Crippen LogP contribution in [0.1, 0.15) is 17.9 Å². The fourth-order valence-corrected chi connectivity index (χ4v) is 1.35. The lowest BCUT2D eigenvalue weighted by molar-refractivity contribution is -0.275. The molecule has 1 aromatic carbocycles. The Hall–Kier alpha value is -1.43. The van der Waals surface area contributed by atoms with Gasteiger partial charge >= 0.3 is 6.36 Å². The standard InChI is InChI=1S/C10H8ClF3O3/c1-5(15)8(11)6-3-2-4-7(9(6)16)17-10(12,13)14/h2-4,8,16H,1H3. The minimum Gasteiger partial charge on any atom is -0.504 e. The second-order valence-electron chi connectivity index (χ2n) is 3.21. The van der Waals surface area contributed by atoms with Crippen molar-refractivity contribution in [1.29, 1.82) is 0 Å². The van der Waals surface area contributed by atoms with Gasteiger partial charge in [0.25, 0.3) is 0 Å². The highest BCUT2D eigenvalue weighted by molar-refractivity contribution is 6.31. The number of carbonyl (C=O) groups excluding carboxylic acids is 1. The molecule has 0 saturated carbocycles. The first-order chi connectivity index (χ1) is 7.72. The second kappa shape index (κ2) is 4.83. The SMILES string of the molecule is CC(=O)C(Cl)c1cccc(OC(F)(F)F)c1O. The van der Waals surface area contributed by atoms with E-state index in [0.29, 0.717) is 0 Å². The van der Waals surface area contributed by atoms with Gasteiger partial charge in [0.15, 0.2) is 17.3 Å². The molecule has 0 aliphatic carbocycles. The lowest BCUT2D eigenvalue weighted by Crippen LogP contribution is -2.17. The third-order valence-corrected chi connectivity index (χ3v) is 2.43. The Morgan fingerprint density at radius 1 is 1.47 bits per heavy atom.